The number of benzene rings is 1. The van der Waals surface area contributed by atoms with E-state index in [9.17, 15) is 19.2 Å². The minimum absolute atomic E-state index is 0.312. The van der Waals surface area contributed by atoms with Crippen molar-refractivity contribution in [2.45, 2.75) is 51.7 Å². The standard InChI is InChI=1S/C22H26N2O7/c1-12(24-20(26)15-5-3-4-6-16(15)21(24)27)22(28)31-13(2)19(25)23-14-7-8-17-18(11-14)30-10-9-29-17/h7-8,11-13,15-16H,3-6,9-10H2,1-2H3,(H,23,25)/t12-,13+,15-,16+/m1/s1. The summed E-state index contributed by atoms with van der Waals surface area (Å²) in [4.78, 5) is 51.4. The highest BCUT2D eigenvalue weighted by molar-refractivity contribution is 6.08. The molecule has 0 aromatic heterocycles. The second-order valence-electron chi connectivity index (χ2n) is 8.15. The lowest BCUT2D eigenvalue weighted by Gasteiger charge is -2.23. The molecule has 9 nitrogen and oxygen atoms in total. The number of nitrogens with zero attached hydrogens (tertiary/aromatic N) is 1. The zero-order valence-electron chi connectivity index (χ0n) is 17.6. The molecule has 2 heterocycles. The Kier molecular flexibility index (Phi) is 5.84. The van der Waals surface area contributed by atoms with Crippen LogP contribution in [0.4, 0.5) is 5.69 Å². The van der Waals surface area contributed by atoms with Crippen molar-refractivity contribution in [2.24, 2.45) is 11.8 Å². The quantitative estimate of drug-likeness (QED) is 0.561. The highest BCUT2D eigenvalue weighted by atomic mass is 16.6. The molecule has 1 N–H and O–H groups in total. The maximum Gasteiger partial charge on any atom is 0.329 e. The summed E-state index contributed by atoms with van der Waals surface area (Å²) in [7, 11) is 0. The first-order valence-corrected chi connectivity index (χ1v) is 10.6. The highest BCUT2D eigenvalue weighted by Gasteiger charge is 2.51. The van der Waals surface area contributed by atoms with Crippen LogP contribution in [0.3, 0.4) is 0 Å². The second kappa shape index (κ2) is 8.56. The van der Waals surface area contributed by atoms with Crippen molar-refractivity contribution >= 4 is 29.4 Å². The van der Waals surface area contributed by atoms with Crippen molar-refractivity contribution < 1.29 is 33.4 Å². The first-order valence-electron chi connectivity index (χ1n) is 10.6. The fourth-order valence-electron chi connectivity index (χ4n) is 4.37. The van der Waals surface area contributed by atoms with Gasteiger partial charge in [0.2, 0.25) is 11.8 Å². The summed E-state index contributed by atoms with van der Waals surface area (Å²) in [6, 6.07) is 3.90. The molecule has 1 saturated heterocycles. The van der Waals surface area contributed by atoms with E-state index >= 15 is 0 Å². The lowest BCUT2D eigenvalue weighted by atomic mass is 9.81. The number of nitrogens with one attached hydrogen (secondary N) is 1. The third-order valence-corrected chi connectivity index (χ3v) is 6.08. The zero-order valence-corrected chi connectivity index (χ0v) is 17.6. The predicted molar refractivity (Wildman–Crippen MR) is 108 cm³/mol. The fraction of sp³-hybridized carbons (Fsp3) is 0.545. The zero-order chi connectivity index (χ0) is 22.1. The van der Waals surface area contributed by atoms with Gasteiger partial charge in [-0.15, -0.1) is 0 Å². The lowest BCUT2D eigenvalue weighted by molar-refractivity contribution is -0.163. The highest BCUT2D eigenvalue weighted by Crippen LogP contribution is 2.39. The van der Waals surface area contributed by atoms with Gasteiger partial charge >= 0.3 is 5.97 Å². The van der Waals surface area contributed by atoms with Crippen LogP contribution >= 0.6 is 0 Å². The number of rotatable bonds is 5. The van der Waals surface area contributed by atoms with Crippen LogP contribution in [0, 0.1) is 11.8 Å². The van der Waals surface area contributed by atoms with Gasteiger partial charge in [-0.1, -0.05) is 12.8 Å². The Bertz CT molecular complexity index is 891. The number of carbonyl (C=O) groups excluding carboxylic acids is 4. The Hall–Kier alpha value is -3.10. The summed E-state index contributed by atoms with van der Waals surface area (Å²) in [6.07, 6.45) is 2.04. The molecule has 4 rings (SSSR count). The van der Waals surface area contributed by atoms with E-state index in [1.165, 1.54) is 13.8 Å². The minimum atomic E-state index is -1.11. The summed E-state index contributed by atoms with van der Waals surface area (Å²) in [6.45, 7) is 3.78. The van der Waals surface area contributed by atoms with Crippen LogP contribution in [-0.4, -0.2) is 54.0 Å². The largest absolute Gasteiger partial charge is 0.486 e. The third kappa shape index (κ3) is 4.08. The fourth-order valence-corrected chi connectivity index (χ4v) is 4.37. The van der Waals surface area contributed by atoms with E-state index in [0.29, 0.717) is 43.2 Å². The summed E-state index contributed by atoms with van der Waals surface area (Å²) >= 11 is 0. The number of carbonyl (C=O) groups is 4. The number of ether oxygens (including phenoxy) is 3. The van der Waals surface area contributed by atoms with Gasteiger partial charge in [0.05, 0.1) is 11.8 Å². The van der Waals surface area contributed by atoms with E-state index in [1.54, 1.807) is 18.2 Å². The van der Waals surface area contributed by atoms with Gasteiger partial charge < -0.3 is 19.5 Å². The van der Waals surface area contributed by atoms with Gasteiger partial charge in [-0.3, -0.25) is 19.3 Å². The SMILES string of the molecule is C[C@H](OC(=O)[C@@H](C)N1C(=O)[C@H]2CCCC[C@H]2C1=O)C(=O)Nc1ccc2c(c1)OCCO2. The van der Waals surface area contributed by atoms with Crippen LogP contribution in [-0.2, 0) is 23.9 Å². The molecule has 2 aliphatic heterocycles. The van der Waals surface area contributed by atoms with Crippen molar-refractivity contribution in [1.29, 1.82) is 0 Å². The molecule has 0 radical (unpaired) electrons. The number of amides is 3. The number of anilines is 1. The Balaban J connectivity index is 1.36. The molecular weight excluding hydrogens is 404 g/mol. The Labute approximate surface area is 180 Å². The average molecular weight is 430 g/mol. The number of hydrogen-bond acceptors (Lipinski definition) is 7. The minimum Gasteiger partial charge on any atom is -0.486 e. The van der Waals surface area contributed by atoms with Crippen molar-refractivity contribution in [3.63, 3.8) is 0 Å². The molecule has 1 saturated carbocycles. The first kappa shape index (κ1) is 21.1. The Morgan fingerprint density at radius 1 is 1.03 bits per heavy atom. The normalized spacial score (nSPS) is 24.3. The smallest absolute Gasteiger partial charge is 0.329 e. The van der Waals surface area contributed by atoms with Crippen molar-refractivity contribution in [2.75, 3.05) is 18.5 Å². The number of esters is 1. The number of fused-ring (bicyclic) bond motifs is 2. The number of hydrogen-bond donors (Lipinski definition) is 1. The maximum atomic E-state index is 12.7. The molecule has 31 heavy (non-hydrogen) atoms. The summed E-state index contributed by atoms with van der Waals surface area (Å²) in [5, 5.41) is 2.66. The molecule has 3 amide bonds. The molecule has 2 fully saturated rings. The Morgan fingerprint density at radius 3 is 2.29 bits per heavy atom. The van der Waals surface area contributed by atoms with Gasteiger partial charge in [-0.25, -0.2) is 4.79 Å². The molecule has 4 atom stereocenters. The maximum absolute atomic E-state index is 12.7. The topological polar surface area (TPSA) is 111 Å². The molecule has 0 bridgehead atoms. The van der Waals surface area contributed by atoms with E-state index in [0.717, 1.165) is 17.7 Å². The Morgan fingerprint density at radius 2 is 1.65 bits per heavy atom. The second-order valence-corrected chi connectivity index (χ2v) is 8.15. The molecule has 9 heteroatoms. The summed E-state index contributed by atoms with van der Waals surface area (Å²) < 4.78 is 16.2. The molecule has 0 unspecified atom stereocenters. The number of likely N-dealkylation sites (tertiary alicyclic amines) is 1. The van der Waals surface area contributed by atoms with Gasteiger partial charge in [0.1, 0.15) is 19.3 Å². The van der Waals surface area contributed by atoms with E-state index in [2.05, 4.69) is 5.32 Å². The van der Waals surface area contributed by atoms with E-state index in [4.69, 9.17) is 14.2 Å². The molecule has 1 aliphatic carbocycles. The van der Waals surface area contributed by atoms with Crippen molar-refractivity contribution in [1.82, 2.24) is 4.90 Å². The lowest BCUT2D eigenvalue weighted by Crippen LogP contribution is -2.46. The van der Waals surface area contributed by atoms with Crippen LogP contribution < -0.4 is 14.8 Å². The van der Waals surface area contributed by atoms with E-state index in [1.807, 2.05) is 0 Å². The van der Waals surface area contributed by atoms with Gasteiger partial charge in [0.25, 0.3) is 5.91 Å². The monoisotopic (exact) mass is 430 g/mol. The summed E-state index contributed by atoms with van der Waals surface area (Å²) in [5.41, 5.74) is 0.471. The predicted octanol–water partition coefficient (Wildman–Crippen LogP) is 1.89. The van der Waals surface area contributed by atoms with Crippen molar-refractivity contribution in [3.05, 3.63) is 18.2 Å². The molecule has 3 aliphatic rings. The average Bonchev–Trinajstić information content (AvgIpc) is 3.03. The van der Waals surface area contributed by atoms with Gasteiger partial charge in [-0.05, 0) is 38.8 Å². The third-order valence-electron chi connectivity index (χ3n) is 6.08. The van der Waals surface area contributed by atoms with Crippen LogP contribution in [0.25, 0.3) is 0 Å². The van der Waals surface area contributed by atoms with Crippen LogP contribution in [0.2, 0.25) is 0 Å². The molecule has 1 aromatic carbocycles. The van der Waals surface area contributed by atoms with Crippen LogP contribution in [0.5, 0.6) is 11.5 Å². The van der Waals surface area contributed by atoms with Crippen LogP contribution in [0.1, 0.15) is 39.5 Å². The van der Waals surface area contributed by atoms with Crippen molar-refractivity contribution in [3.8, 4) is 11.5 Å². The molecule has 0 spiro atoms. The number of imide groups is 1. The summed E-state index contributed by atoms with van der Waals surface area (Å²) in [5.74, 6) is -1.51. The van der Waals surface area contributed by atoms with Gasteiger partial charge in [-0.2, -0.15) is 0 Å². The van der Waals surface area contributed by atoms with Crippen LogP contribution in [0.15, 0.2) is 18.2 Å². The van der Waals surface area contributed by atoms with E-state index in [-0.39, 0.29) is 23.7 Å². The first-order chi connectivity index (χ1) is 14.9. The molecule has 166 valence electrons. The van der Waals surface area contributed by atoms with E-state index < -0.39 is 24.0 Å². The molecular formula is C22H26N2O7. The molecule has 1 aromatic rings. The van der Waals surface area contributed by atoms with Gasteiger partial charge in [0, 0.05) is 11.8 Å². The van der Waals surface area contributed by atoms with Gasteiger partial charge in [0.15, 0.2) is 17.6 Å².